The van der Waals surface area contributed by atoms with Crippen molar-refractivity contribution in [1.29, 1.82) is 0 Å². The second-order valence-corrected chi connectivity index (χ2v) is 5.39. The zero-order valence-electron chi connectivity index (χ0n) is 10.3. The Morgan fingerprint density at radius 3 is 2.63 bits per heavy atom. The van der Waals surface area contributed by atoms with Gasteiger partial charge in [-0.1, -0.05) is 46.3 Å². The summed E-state index contributed by atoms with van der Waals surface area (Å²) in [5.41, 5.74) is 8.33. The molecule has 0 saturated heterocycles. The van der Waals surface area contributed by atoms with Gasteiger partial charge in [-0.15, -0.1) is 0 Å². The lowest BCUT2D eigenvalue weighted by atomic mass is 10.1. The Kier molecular flexibility index (Phi) is 3.25. The average Bonchev–Trinajstić information content (AvgIpc) is 2.82. The summed E-state index contributed by atoms with van der Waals surface area (Å²) >= 11 is 3.51. The van der Waals surface area contributed by atoms with E-state index in [-0.39, 0.29) is 6.04 Å². The van der Waals surface area contributed by atoms with Gasteiger partial charge in [0.25, 0.3) is 0 Å². The van der Waals surface area contributed by atoms with Gasteiger partial charge in [-0.05, 0) is 29.8 Å². The predicted molar refractivity (Wildman–Crippen MR) is 82.3 cm³/mol. The van der Waals surface area contributed by atoms with Crippen molar-refractivity contribution in [2.75, 3.05) is 11.4 Å². The number of hydrogen-bond donors (Lipinski definition) is 1. The second-order valence-electron chi connectivity index (χ2n) is 4.48. The van der Waals surface area contributed by atoms with Crippen LogP contribution in [0.1, 0.15) is 11.6 Å². The standard InChI is InChI=1S/C15H14BrN3/c16-12-6-4-5-11(9-12)14-10-18-15(17)19(14)13-7-2-1-3-8-13/h1-9,14H,10H2,(H2,17,18). The monoisotopic (exact) mass is 315 g/mol. The Bertz CT molecular complexity index is 610. The molecule has 1 aliphatic rings. The van der Waals surface area contributed by atoms with Gasteiger partial charge in [0.15, 0.2) is 5.96 Å². The number of rotatable bonds is 2. The molecule has 19 heavy (non-hydrogen) atoms. The van der Waals surface area contributed by atoms with Crippen LogP contribution >= 0.6 is 15.9 Å². The molecular formula is C15H14BrN3. The maximum absolute atomic E-state index is 6.04. The van der Waals surface area contributed by atoms with Gasteiger partial charge in [0.05, 0.1) is 12.6 Å². The first-order valence-corrected chi connectivity index (χ1v) is 6.94. The first-order chi connectivity index (χ1) is 9.25. The summed E-state index contributed by atoms with van der Waals surface area (Å²) in [6.07, 6.45) is 0. The van der Waals surface area contributed by atoms with Crippen molar-refractivity contribution in [3.05, 3.63) is 64.6 Å². The van der Waals surface area contributed by atoms with Crippen molar-refractivity contribution in [3.8, 4) is 0 Å². The molecule has 0 spiro atoms. The van der Waals surface area contributed by atoms with Crippen LogP contribution in [0.15, 0.2) is 64.1 Å². The minimum atomic E-state index is 0.167. The van der Waals surface area contributed by atoms with Crippen LogP contribution in [0, 0.1) is 0 Å². The quantitative estimate of drug-likeness (QED) is 0.923. The van der Waals surface area contributed by atoms with Gasteiger partial charge in [-0.25, -0.2) is 0 Å². The number of hydrogen-bond acceptors (Lipinski definition) is 3. The van der Waals surface area contributed by atoms with Crippen molar-refractivity contribution in [1.82, 2.24) is 0 Å². The van der Waals surface area contributed by atoms with Gasteiger partial charge in [0.1, 0.15) is 0 Å². The molecule has 0 fully saturated rings. The smallest absolute Gasteiger partial charge is 0.196 e. The summed E-state index contributed by atoms with van der Waals surface area (Å²) < 4.78 is 1.07. The first-order valence-electron chi connectivity index (χ1n) is 6.15. The molecule has 3 nitrogen and oxygen atoms in total. The molecule has 96 valence electrons. The van der Waals surface area contributed by atoms with Crippen LogP contribution in [-0.2, 0) is 0 Å². The molecule has 0 amide bonds. The molecule has 1 unspecified atom stereocenters. The third-order valence-electron chi connectivity index (χ3n) is 3.25. The second kappa shape index (κ2) is 5.05. The van der Waals surface area contributed by atoms with Gasteiger partial charge in [0, 0.05) is 10.2 Å². The molecule has 2 aromatic carbocycles. The van der Waals surface area contributed by atoms with Crippen molar-refractivity contribution < 1.29 is 0 Å². The van der Waals surface area contributed by atoms with E-state index in [4.69, 9.17) is 5.73 Å². The summed E-state index contributed by atoms with van der Waals surface area (Å²) in [6, 6.07) is 18.6. The summed E-state index contributed by atoms with van der Waals surface area (Å²) in [5.74, 6) is 0.580. The number of nitrogens with two attached hydrogens (primary N) is 1. The molecular weight excluding hydrogens is 302 g/mol. The maximum Gasteiger partial charge on any atom is 0.196 e. The Morgan fingerprint density at radius 2 is 1.89 bits per heavy atom. The van der Waals surface area contributed by atoms with Crippen LogP contribution in [0.2, 0.25) is 0 Å². The van der Waals surface area contributed by atoms with Crippen LogP contribution in [0.4, 0.5) is 5.69 Å². The van der Waals surface area contributed by atoms with Gasteiger partial charge >= 0.3 is 0 Å². The van der Waals surface area contributed by atoms with Crippen molar-refractivity contribution >= 4 is 27.6 Å². The number of nitrogens with zero attached hydrogens (tertiary/aromatic N) is 2. The Balaban J connectivity index is 1.99. The SMILES string of the molecule is NC1=NCC(c2cccc(Br)c2)N1c1ccccc1. The van der Waals surface area contributed by atoms with Crippen molar-refractivity contribution in [2.45, 2.75) is 6.04 Å². The molecule has 2 N–H and O–H groups in total. The van der Waals surface area contributed by atoms with Gasteiger partial charge < -0.3 is 10.6 Å². The minimum absolute atomic E-state index is 0.167. The van der Waals surface area contributed by atoms with E-state index < -0.39 is 0 Å². The predicted octanol–water partition coefficient (Wildman–Crippen LogP) is 3.33. The molecule has 1 heterocycles. The van der Waals surface area contributed by atoms with E-state index in [9.17, 15) is 0 Å². The third-order valence-corrected chi connectivity index (χ3v) is 3.75. The Morgan fingerprint density at radius 1 is 1.11 bits per heavy atom. The van der Waals surface area contributed by atoms with E-state index in [0.717, 1.165) is 10.2 Å². The van der Waals surface area contributed by atoms with E-state index in [0.29, 0.717) is 12.5 Å². The topological polar surface area (TPSA) is 41.6 Å². The summed E-state index contributed by atoms with van der Waals surface area (Å²) in [4.78, 5) is 6.47. The molecule has 0 saturated carbocycles. The lowest BCUT2D eigenvalue weighted by molar-refractivity contribution is 0.768. The van der Waals surface area contributed by atoms with E-state index >= 15 is 0 Å². The number of anilines is 1. The van der Waals surface area contributed by atoms with Crippen molar-refractivity contribution in [2.24, 2.45) is 10.7 Å². The highest BCUT2D eigenvalue weighted by Gasteiger charge is 2.28. The third kappa shape index (κ3) is 2.36. The fourth-order valence-corrected chi connectivity index (χ4v) is 2.78. The molecule has 0 bridgehead atoms. The lowest BCUT2D eigenvalue weighted by Crippen LogP contribution is -2.36. The highest BCUT2D eigenvalue weighted by Crippen LogP contribution is 2.31. The maximum atomic E-state index is 6.04. The fourth-order valence-electron chi connectivity index (χ4n) is 2.37. The van der Waals surface area contributed by atoms with Crippen LogP contribution in [0.3, 0.4) is 0 Å². The van der Waals surface area contributed by atoms with Crippen LogP contribution < -0.4 is 10.6 Å². The number of aliphatic imine (C=N–C) groups is 1. The summed E-state index contributed by atoms with van der Waals surface area (Å²) in [5, 5.41) is 0. The van der Waals surface area contributed by atoms with E-state index in [2.05, 4.69) is 50.1 Å². The number of halogens is 1. The van der Waals surface area contributed by atoms with Gasteiger partial charge in [0.2, 0.25) is 0 Å². The first kappa shape index (κ1) is 12.2. The molecule has 0 aromatic heterocycles. The van der Waals surface area contributed by atoms with Crippen molar-refractivity contribution in [3.63, 3.8) is 0 Å². The van der Waals surface area contributed by atoms with Gasteiger partial charge in [-0.2, -0.15) is 0 Å². The number of guanidine groups is 1. The molecule has 1 atom stereocenters. The molecule has 0 radical (unpaired) electrons. The van der Waals surface area contributed by atoms with Crippen LogP contribution in [0.5, 0.6) is 0 Å². The average molecular weight is 316 g/mol. The molecule has 4 heteroatoms. The normalized spacial score (nSPS) is 18.5. The molecule has 2 aromatic rings. The number of para-hydroxylation sites is 1. The Hall–Kier alpha value is -1.81. The molecule has 1 aliphatic heterocycles. The number of benzene rings is 2. The van der Waals surface area contributed by atoms with E-state index in [1.54, 1.807) is 0 Å². The largest absolute Gasteiger partial charge is 0.369 e. The zero-order chi connectivity index (χ0) is 13.2. The van der Waals surface area contributed by atoms with Crippen LogP contribution in [0.25, 0.3) is 0 Å². The van der Waals surface area contributed by atoms with Crippen LogP contribution in [-0.4, -0.2) is 12.5 Å². The Labute approximate surface area is 120 Å². The molecule has 3 rings (SSSR count). The van der Waals surface area contributed by atoms with E-state index in [1.807, 2.05) is 30.3 Å². The zero-order valence-corrected chi connectivity index (χ0v) is 11.9. The summed E-state index contributed by atoms with van der Waals surface area (Å²) in [7, 11) is 0. The summed E-state index contributed by atoms with van der Waals surface area (Å²) in [6.45, 7) is 0.692. The molecule has 0 aliphatic carbocycles. The minimum Gasteiger partial charge on any atom is -0.369 e. The highest BCUT2D eigenvalue weighted by atomic mass is 79.9. The van der Waals surface area contributed by atoms with E-state index in [1.165, 1.54) is 5.56 Å². The highest BCUT2D eigenvalue weighted by molar-refractivity contribution is 9.10. The fraction of sp³-hybridized carbons (Fsp3) is 0.133. The lowest BCUT2D eigenvalue weighted by Gasteiger charge is -2.26. The van der Waals surface area contributed by atoms with Gasteiger partial charge in [-0.3, -0.25) is 4.99 Å².